The Kier molecular flexibility index (Phi) is 3.62. The van der Waals surface area contributed by atoms with Crippen molar-refractivity contribution in [2.24, 2.45) is 0 Å². The lowest BCUT2D eigenvalue weighted by molar-refractivity contribution is -0.143. The molecule has 0 aliphatic carbocycles. The van der Waals surface area contributed by atoms with Crippen LogP contribution >= 0.6 is 0 Å². The van der Waals surface area contributed by atoms with Gasteiger partial charge in [-0.05, 0) is 6.42 Å². The number of hydrogen-bond acceptors (Lipinski definition) is 3. The van der Waals surface area contributed by atoms with Crippen LogP contribution in [0.3, 0.4) is 0 Å². The maximum atomic E-state index is 9.67. The summed E-state index contributed by atoms with van der Waals surface area (Å²) in [5.41, 5.74) is 0. The van der Waals surface area contributed by atoms with Crippen LogP contribution in [-0.2, 0) is 14.7 Å². The van der Waals surface area contributed by atoms with Gasteiger partial charge in [0.05, 0.1) is 6.42 Å². The molecule has 0 aliphatic heterocycles. The molecular weight excluding hydrogens is 124 g/mol. The van der Waals surface area contributed by atoms with Gasteiger partial charge in [-0.2, -0.15) is 0 Å². The molecule has 0 amide bonds. The van der Waals surface area contributed by atoms with Crippen molar-refractivity contribution in [3.8, 4) is 0 Å². The molecule has 0 aromatic heterocycles. The Balaban J connectivity index is 3.26. The standard InChI is InChI=1S/C5H6O4/c6-3-4(7)1-2-5(8)9/h4,7H,1-2H2. The summed E-state index contributed by atoms with van der Waals surface area (Å²) in [5.74, 6) is -1.27. The quantitative estimate of drug-likeness (QED) is 0.541. The third kappa shape index (κ3) is 4.96. The van der Waals surface area contributed by atoms with Gasteiger partial charge in [0.1, 0.15) is 6.10 Å². The number of aliphatic hydroxyl groups excluding tert-OH is 1. The van der Waals surface area contributed by atoms with Crippen LogP contribution in [-0.4, -0.2) is 23.5 Å². The van der Waals surface area contributed by atoms with E-state index in [4.69, 9.17) is 5.11 Å². The van der Waals surface area contributed by atoms with E-state index in [1.165, 1.54) is 6.29 Å². The molecule has 9 heavy (non-hydrogen) atoms. The van der Waals surface area contributed by atoms with Gasteiger partial charge in [-0.15, -0.1) is 0 Å². The van der Waals surface area contributed by atoms with E-state index in [1.54, 1.807) is 0 Å². The normalized spacial score (nSPS) is 12.6. The molecule has 0 rings (SSSR count). The van der Waals surface area contributed by atoms with Gasteiger partial charge in [0.25, 0.3) is 0 Å². The summed E-state index contributed by atoms with van der Waals surface area (Å²) in [4.78, 5) is 19.2. The second kappa shape index (κ2) is 4.03. The number of carbonyl (C=O) groups is 1. The highest BCUT2D eigenvalue weighted by Crippen LogP contribution is 1.92. The molecule has 2 radical (unpaired) electrons. The topological polar surface area (TPSA) is 74.3 Å². The summed E-state index contributed by atoms with van der Waals surface area (Å²) >= 11 is 0. The van der Waals surface area contributed by atoms with Crippen molar-refractivity contribution in [2.75, 3.05) is 0 Å². The van der Waals surface area contributed by atoms with E-state index in [0.717, 1.165) is 0 Å². The van der Waals surface area contributed by atoms with Gasteiger partial charge in [0, 0.05) is 0 Å². The lowest BCUT2D eigenvalue weighted by Crippen LogP contribution is -2.09. The second-order valence-electron chi connectivity index (χ2n) is 1.54. The summed E-state index contributed by atoms with van der Waals surface area (Å²) in [6.45, 7) is 0. The highest BCUT2D eigenvalue weighted by atomic mass is 16.4. The predicted molar refractivity (Wildman–Crippen MR) is 26.6 cm³/mol. The van der Waals surface area contributed by atoms with Crippen LogP contribution in [0.15, 0.2) is 0 Å². The van der Waals surface area contributed by atoms with E-state index >= 15 is 0 Å². The van der Waals surface area contributed by atoms with Crippen LogP contribution in [0.5, 0.6) is 0 Å². The molecule has 0 bridgehead atoms. The second-order valence-corrected chi connectivity index (χ2v) is 1.54. The number of hydrogen-bond donors (Lipinski definition) is 1. The van der Waals surface area contributed by atoms with Crippen LogP contribution in [0.4, 0.5) is 0 Å². The van der Waals surface area contributed by atoms with Crippen LogP contribution in [0.2, 0.25) is 0 Å². The minimum Gasteiger partial charge on any atom is -0.385 e. The monoisotopic (exact) mass is 130 g/mol. The summed E-state index contributed by atoms with van der Waals surface area (Å²) < 4.78 is 0. The van der Waals surface area contributed by atoms with E-state index in [9.17, 15) is 14.7 Å². The highest BCUT2D eigenvalue weighted by molar-refractivity contribution is 5.67. The van der Waals surface area contributed by atoms with E-state index in [0.29, 0.717) is 0 Å². The zero-order valence-corrected chi connectivity index (χ0v) is 4.66. The average molecular weight is 130 g/mol. The van der Waals surface area contributed by atoms with Crippen LogP contribution in [0.25, 0.3) is 0 Å². The fraction of sp³-hybridized carbons (Fsp3) is 0.600. The summed E-state index contributed by atoms with van der Waals surface area (Å²) in [6, 6.07) is 0. The van der Waals surface area contributed by atoms with Gasteiger partial charge in [-0.25, -0.2) is 9.90 Å². The minimum atomic E-state index is -1.29. The maximum absolute atomic E-state index is 9.67. The fourth-order valence-corrected chi connectivity index (χ4v) is 0.313. The molecule has 0 spiro atoms. The van der Waals surface area contributed by atoms with E-state index in [2.05, 4.69) is 0 Å². The number of rotatable bonds is 4. The number of carbonyl (C=O) groups excluding carboxylic acids is 2. The molecule has 1 atom stereocenters. The molecule has 1 N–H and O–H groups in total. The van der Waals surface area contributed by atoms with E-state index < -0.39 is 12.1 Å². The first-order valence-electron chi connectivity index (χ1n) is 2.42. The Morgan fingerprint density at radius 3 is 2.56 bits per heavy atom. The van der Waals surface area contributed by atoms with Crippen molar-refractivity contribution in [3.63, 3.8) is 0 Å². The average Bonchev–Trinajstić information content (AvgIpc) is 1.83. The molecule has 4 heteroatoms. The Labute approximate surface area is 52.1 Å². The third-order valence-electron chi connectivity index (χ3n) is 0.758. The molecule has 0 aromatic carbocycles. The van der Waals surface area contributed by atoms with Gasteiger partial charge in [0.15, 0.2) is 0 Å². The third-order valence-corrected chi connectivity index (χ3v) is 0.758. The lowest BCUT2D eigenvalue weighted by atomic mass is 10.2. The molecule has 0 saturated carbocycles. The first-order valence-corrected chi connectivity index (χ1v) is 2.42. The minimum absolute atomic E-state index is 0.119. The van der Waals surface area contributed by atoms with Gasteiger partial charge in [-0.3, -0.25) is 4.79 Å². The molecule has 4 nitrogen and oxygen atoms in total. The molecule has 1 unspecified atom stereocenters. The van der Waals surface area contributed by atoms with Gasteiger partial charge in [-0.1, -0.05) is 0 Å². The Morgan fingerprint density at radius 1 is 1.67 bits per heavy atom. The largest absolute Gasteiger partial charge is 0.385 e. The van der Waals surface area contributed by atoms with Crippen LogP contribution in [0.1, 0.15) is 12.8 Å². The number of aliphatic hydroxyl groups is 1. The molecule has 0 fully saturated rings. The zero-order valence-electron chi connectivity index (χ0n) is 4.66. The fourth-order valence-electron chi connectivity index (χ4n) is 0.313. The van der Waals surface area contributed by atoms with E-state index in [-0.39, 0.29) is 12.8 Å². The van der Waals surface area contributed by atoms with Crippen molar-refractivity contribution >= 4 is 12.3 Å². The molecular formula is C5H6O4. The predicted octanol–water partition coefficient (Wildman–Crippen LogP) is -0.806. The van der Waals surface area contributed by atoms with Crippen LogP contribution < -0.4 is 0 Å². The van der Waals surface area contributed by atoms with Crippen molar-refractivity contribution in [3.05, 3.63) is 0 Å². The highest BCUT2D eigenvalue weighted by Gasteiger charge is 2.06. The van der Waals surface area contributed by atoms with Crippen LogP contribution in [0, 0.1) is 0 Å². The summed E-state index contributed by atoms with van der Waals surface area (Å²) in [7, 11) is 0. The lowest BCUT2D eigenvalue weighted by Gasteiger charge is -1.93. The Morgan fingerprint density at radius 2 is 2.22 bits per heavy atom. The van der Waals surface area contributed by atoms with Gasteiger partial charge < -0.3 is 5.11 Å². The first kappa shape index (κ1) is 8.10. The van der Waals surface area contributed by atoms with E-state index in [1.807, 2.05) is 0 Å². The van der Waals surface area contributed by atoms with Crippen molar-refractivity contribution in [1.82, 2.24) is 0 Å². The summed E-state index contributed by atoms with van der Waals surface area (Å²) in [5, 5.41) is 18.1. The van der Waals surface area contributed by atoms with Crippen molar-refractivity contribution < 1.29 is 19.8 Å². The SMILES string of the molecule is [O]C(=O)CCC(O)[C]=O. The Bertz CT molecular complexity index is 110. The van der Waals surface area contributed by atoms with Crippen molar-refractivity contribution in [2.45, 2.75) is 18.9 Å². The summed E-state index contributed by atoms with van der Waals surface area (Å²) in [6.07, 6.45) is -0.483. The van der Waals surface area contributed by atoms with Crippen molar-refractivity contribution in [1.29, 1.82) is 0 Å². The molecule has 0 heterocycles. The smallest absolute Gasteiger partial charge is 0.355 e. The zero-order chi connectivity index (χ0) is 7.28. The molecule has 0 saturated heterocycles. The molecule has 0 aliphatic rings. The Hall–Kier alpha value is -0.900. The van der Waals surface area contributed by atoms with Gasteiger partial charge >= 0.3 is 5.97 Å². The van der Waals surface area contributed by atoms with Gasteiger partial charge in [0.2, 0.25) is 6.29 Å². The molecule has 0 aromatic rings. The first-order chi connectivity index (χ1) is 4.16. The maximum Gasteiger partial charge on any atom is 0.355 e. The molecule has 50 valence electrons.